The molecule has 3 fully saturated rings. The Morgan fingerprint density at radius 1 is 1.29 bits per heavy atom. The highest BCUT2D eigenvalue weighted by Gasteiger charge is 2.59. The summed E-state index contributed by atoms with van der Waals surface area (Å²) in [6, 6.07) is 4.72. The molecule has 1 aromatic heterocycles. The topological polar surface area (TPSA) is 60.0 Å². The van der Waals surface area contributed by atoms with Crippen LogP contribution in [-0.2, 0) is 11.3 Å². The van der Waals surface area contributed by atoms with Crippen LogP contribution in [0.1, 0.15) is 31.7 Å². The minimum Gasteiger partial charge on any atom is -0.338 e. The van der Waals surface area contributed by atoms with E-state index < -0.39 is 0 Å². The van der Waals surface area contributed by atoms with Gasteiger partial charge in [0.05, 0.1) is 0 Å². The maximum absolute atomic E-state index is 12.6. The van der Waals surface area contributed by atoms with Crippen LogP contribution in [0.5, 0.6) is 0 Å². The molecule has 0 saturated carbocycles. The third-order valence-corrected chi connectivity index (χ3v) is 6.77. The molecule has 152 valence electrons. The molecule has 0 radical (unpaired) electrons. The number of hydrogen-bond donors (Lipinski definition) is 0. The number of aromatic nitrogens is 1. The van der Waals surface area contributed by atoms with Crippen molar-refractivity contribution in [2.45, 2.75) is 44.8 Å². The maximum atomic E-state index is 12.6. The number of rotatable bonds is 2. The van der Waals surface area contributed by atoms with Gasteiger partial charge in [-0.2, -0.15) is 0 Å². The first kappa shape index (κ1) is 19.2. The molecule has 3 amide bonds. The third kappa shape index (κ3) is 3.26. The molecule has 28 heavy (non-hydrogen) atoms. The Kier molecular flexibility index (Phi) is 5.04. The smallest absolute Gasteiger partial charge is 0.319 e. The quantitative estimate of drug-likeness (QED) is 0.777. The molecule has 0 aliphatic carbocycles. The van der Waals surface area contributed by atoms with Crippen LogP contribution in [0, 0.1) is 5.41 Å². The van der Waals surface area contributed by atoms with E-state index in [2.05, 4.69) is 20.9 Å². The van der Waals surface area contributed by atoms with Crippen LogP contribution in [0.3, 0.4) is 0 Å². The lowest BCUT2D eigenvalue weighted by atomic mass is 9.76. The van der Waals surface area contributed by atoms with Gasteiger partial charge in [0.1, 0.15) is 0 Å². The molecule has 1 spiro atoms. The number of nitrogens with zero attached hydrogens (tertiary/aromatic N) is 5. The highest BCUT2D eigenvalue weighted by Crippen LogP contribution is 2.48. The monoisotopic (exact) mass is 385 g/mol. The van der Waals surface area contributed by atoms with Crippen LogP contribution in [0.15, 0.2) is 24.5 Å². The van der Waals surface area contributed by atoms with Crippen molar-refractivity contribution in [1.29, 1.82) is 0 Å². The predicted octanol–water partition coefficient (Wildman–Crippen LogP) is 1.65. The lowest BCUT2D eigenvalue weighted by Gasteiger charge is -2.44. The van der Waals surface area contributed by atoms with Crippen LogP contribution >= 0.6 is 0 Å². The number of hydrogen-bond acceptors (Lipinski definition) is 4. The first-order chi connectivity index (χ1) is 13.4. The summed E-state index contributed by atoms with van der Waals surface area (Å²) in [6.07, 6.45) is 6.85. The van der Waals surface area contributed by atoms with Crippen LogP contribution in [0.4, 0.5) is 4.79 Å². The summed E-state index contributed by atoms with van der Waals surface area (Å²) in [5.74, 6) is 0.160. The number of urea groups is 1. The Bertz CT molecular complexity index is 740. The van der Waals surface area contributed by atoms with Crippen LogP contribution < -0.4 is 0 Å². The van der Waals surface area contributed by atoms with Crippen molar-refractivity contribution in [2.75, 3.05) is 40.3 Å². The highest BCUT2D eigenvalue weighted by atomic mass is 16.2. The Morgan fingerprint density at radius 2 is 2.11 bits per heavy atom. The van der Waals surface area contributed by atoms with Crippen molar-refractivity contribution in [3.05, 3.63) is 30.1 Å². The molecule has 0 unspecified atom stereocenters. The van der Waals surface area contributed by atoms with E-state index in [9.17, 15) is 9.59 Å². The fraction of sp³-hybridized carbons (Fsp3) is 0.667. The number of carbonyl (C=O) groups excluding carboxylic acids is 2. The molecule has 1 aromatic rings. The molecular formula is C21H31N5O2. The van der Waals surface area contributed by atoms with E-state index in [0.717, 1.165) is 52.0 Å². The number of fused-ring (bicyclic) bond motifs is 2. The second-order valence-electron chi connectivity index (χ2n) is 8.84. The fourth-order valence-corrected chi connectivity index (χ4v) is 5.68. The lowest BCUT2D eigenvalue weighted by molar-refractivity contribution is -0.130. The molecule has 3 saturated heterocycles. The predicted molar refractivity (Wildman–Crippen MR) is 107 cm³/mol. The van der Waals surface area contributed by atoms with Crippen LogP contribution in [0.2, 0.25) is 0 Å². The Morgan fingerprint density at radius 3 is 2.79 bits per heavy atom. The number of likely N-dealkylation sites (tertiary alicyclic amines) is 3. The zero-order valence-corrected chi connectivity index (χ0v) is 17.2. The summed E-state index contributed by atoms with van der Waals surface area (Å²) >= 11 is 0. The second kappa shape index (κ2) is 7.35. The summed E-state index contributed by atoms with van der Waals surface area (Å²) < 4.78 is 0. The van der Waals surface area contributed by atoms with E-state index in [1.54, 1.807) is 18.0 Å². The molecule has 0 bridgehead atoms. The van der Waals surface area contributed by atoms with Crippen molar-refractivity contribution in [2.24, 2.45) is 5.41 Å². The van der Waals surface area contributed by atoms with E-state index >= 15 is 0 Å². The SMILES string of the molecule is CC(=O)N1C[C@]2(CCN(C(=O)N(C)C)C2)[C@H]2[C@H]1CCCN2Cc1cccnc1. The summed E-state index contributed by atoms with van der Waals surface area (Å²) in [4.78, 5) is 37.6. The molecule has 4 heterocycles. The van der Waals surface area contributed by atoms with E-state index in [0.29, 0.717) is 6.04 Å². The average molecular weight is 386 g/mol. The van der Waals surface area contributed by atoms with Gasteiger partial charge in [-0.15, -0.1) is 0 Å². The van der Waals surface area contributed by atoms with Crippen molar-refractivity contribution in [3.63, 3.8) is 0 Å². The van der Waals surface area contributed by atoms with E-state index in [-0.39, 0.29) is 23.4 Å². The third-order valence-electron chi connectivity index (χ3n) is 6.77. The zero-order valence-electron chi connectivity index (χ0n) is 17.2. The summed E-state index contributed by atoms with van der Waals surface area (Å²) in [7, 11) is 3.62. The molecule has 7 heteroatoms. The van der Waals surface area contributed by atoms with E-state index in [4.69, 9.17) is 0 Å². The van der Waals surface area contributed by atoms with Crippen molar-refractivity contribution in [3.8, 4) is 0 Å². The van der Waals surface area contributed by atoms with Gasteiger partial charge in [0.2, 0.25) is 5.91 Å². The average Bonchev–Trinajstić information content (AvgIpc) is 3.25. The molecule has 3 aliphatic heterocycles. The first-order valence-corrected chi connectivity index (χ1v) is 10.3. The van der Waals surface area contributed by atoms with Gasteiger partial charge in [-0.25, -0.2) is 4.79 Å². The van der Waals surface area contributed by atoms with Crippen LogP contribution in [-0.4, -0.2) is 88.9 Å². The Labute approximate surface area is 167 Å². The van der Waals surface area contributed by atoms with E-state index in [1.165, 1.54) is 5.56 Å². The minimum absolute atomic E-state index is 0.0371. The van der Waals surface area contributed by atoms with Gasteiger partial charge in [-0.1, -0.05) is 6.07 Å². The maximum Gasteiger partial charge on any atom is 0.319 e. The summed E-state index contributed by atoms with van der Waals surface area (Å²) in [6.45, 7) is 5.84. The number of pyridine rings is 1. The molecule has 0 aromatic carbocycles. The van der Waals surface area contributed by atoms with Gasteiger partial charge in [-0.3, -0.25) is 14.7 Å². The molecule has 3 aliphatic rings. The van der Waals surface area contributed by atoms with Crippen molar-refractivity contribution < 1.29 is 9.59 Å². The second-order valence-corrected chi connectivity index (χ2v) is 8.84. The molecule has 0 N–H and O–H groups in total. The highest BCUT2D eigenvalue weighted by molar-refractivity contribution is 5.75. The van der Waals surface area contributed by atoms with Gasteiger partial charge in [-0.05, 0) is 37.4 Å². The Hall–Kier alpha value is -2.15. The van der Waals surface area contributed by atoms with Gasteiger partial charge >= 0.3 is 6.03 Å². The number of carbonyl (C=O) groups is 2. The van der Waals surface area contributed by atoms with E-state index in [1.807, 2.05) is 31.3 Å². The zero-order chi connectivity index (χ0) is 19.9. The number of piperidine rings is 1. The lowest BCUT2D eigenvalue weighted by Crippen LogP contribution is -2.55. The molecular weight excluding hydrogens is 354 g/mol. The molecule has 3 atom stereocenters. The first-order valence-electron chi connectivity index (χ1n) is 10.3. The summed E-state index contributed by atoms with van der Waals surface area (Å²) in [5, 5.41) is 0. The van der Waals surface area contributed by atoms with Gasteiger partial charge in [0.25, 0.3) is 0 Å². The number of amides is 3. The van der Waals surface area contributed by atoms with Crippen molar-refractivity contribution in [1.82, 2.24) is 24.6 Å². The molecule has 7 nitrogen and oxygen atoms in total. The largest absolute Gasteiger partial charge is 0.338 e. The van der Waals surface area contributed by atoms with Crippen molar-refractivity contribution >= 4 is 11.9 Å². The summed E-state index contributed by atoms with van der Waals surface area (Å²) in [5.41, 5.74) is 1.17. The Balaban J connectivity index is 1.63. The van der Waals surface area contributed by atoms with Gasteiger partial charge < -0.3 is 14.7 Å². The van der Waals surface area contributed by atoms with Gasteiger partial charge in [0.15, 0.2) is 0 Å². The minimum atomic E-state index is -0.0371. The molecule has 4 rings (SSSR count). The van der Waals surface area contributed by atoms with Gasteiger partial charge in [0, 0.05) is 77.1 Å². The fourth-order valence-electron chi connectivity index (χ4n) is 5.68. The standard InChI is InChI=1S/C21H31N5O2/c1-16(27)26-15-21(8-11-25(14-21)20(28)23(2)3)19-18(26)7-5-10-24(19)13-17-6-4-9-22-12-17/h4,6,9,12,18-19H,5,7-8,10-11,13-15H2,1-3H3/t18-,19-,21-/m1/s1. The van der Waals surface area contributed by atoms with Crippen LogP contribution in [0.25, 0.3) is 0 Å². The normalized spacial score (nSPS) is 30.0.